The molecule has 1 atom stereocenters. The van der Waals surface area contributed by atoms with E-state index in [0.717, 1.165) is 16.7 Å². The lowest BCUT2D eigenvalue weighted by molar-refractivity contribution is -0.458. The molecule has 0 fully saturated rings. The quantitative estimate of drug-likeness (QED) is 0.496. The molecule has 0 N–H and O–H groups in total. The molecule has 0 saturated carbocycles. The maximum atomic E-state index is 13.4. The Morgan fingerprint density at radius 3 is 2.65 bits per heavy atom. The molecule has 3 amide bonds. The summed E-state index contributed by atoms with van der Waals surface area (Å²) in [6.07, 6.45) is 1.80. The van der Waals surface area contributed by atoms with Gasteiger partial charge in [-0.15, -0.1) is 11.8 Å². The number of nitrogens with zero attached hydrogens (tertiary/aromatic N) is 4. The second kappa shape index (κ2) is 8.90. The molecule has 1 unspecified atom stereocenters. The predicted octanol–water partition coefficient (Wildman–Crippen LogP) is 4.11. The smallest absolute Gasteiger partial charge is 0.497 e. The number of hydrogen-bond donors (Lipinski definition) is 0. The zero-order valence-electron chi connectivity index (χ0n) is 19.0. The molecular formula is C25H23N4O4S+. The van der Waals surface area contributed by atoms with Crippen LogP contribution in [-0.4, -0.2) is 49.6 Å². The third kappa shape index (κ3) is 4.03. The Balaban J connectivity index is 1.42. The SMILES string of the molecule is COc1ccc(CN2C(=O)C3SC=CC3=[N+](Cc3nc(-c4ccc(C)c(C)c4)no3)C2=O)cc1. The van der Waals surface area contributed by atoms with Crippen LogP contribution in [-0.2, 0) is 17.9 Å². The van der Waals surface area contributed by atoms with Gasteiger partial charge in [0.05, 0.1) is 7.11 Å². The maximum Gasteiger partial charge on any atom is 0.501 e. The molecule has 5 rings (SSSR count). The van der Waals surface area contributed by atoms with Crippen LogP contribution in [0.4, 0.5) is 4.79 Å². The van der Waals surface area contributed by atoms with Gasteiger partial charge < -0.3 is 9.26 Å². The van der Waals surface area contributed by atoms with E-state index in [1.807, 2.05) is 61.7 Å². The molecule has 3 heterocycles. The molecule has 0 saturated heterocycles. The van der Waals surface area contributed by atoms with Gasteiger partial charge in [-0.1, -0.05) is 29.4 Å². The Morgan fingerprint density at radius 2 is 1.91 bits per heavy atom. The van der Waals surface area contributed by atoms with Gasteiger partial charge in [-0.3, -0.25) is 0 Å². The van der Waals surface area contributed by atoms with Crippen LogP contribution in [0.5, 0.6) is 5.75 Å². The standard InChI is InChI=1S/C25H23N4O4S/c1-15-4-7-18(12-16(15)2)23-26-21(33-27-23)14-28-20-10-11-34-22(20)24(30)29(25(28)31)13-17-5-8-19(32-3)9-6-17/h4-12,22H,13-14H2,1-3H3/q+1. The van der Waals surface area contributed by atoms with E-state index in [1.165, 1.54) is 22.2 Å². The third-order valence-electron chi connectivity index (χ3n) is 6.01. The zero-order chi connectivity index (χ0) is 23.8. The fraction of sp³-hybridized carbons (Fsp3) is 0.240. The Morgan fingerprint density at radius 1 is 1.12 bits per heavy atom. The van der Waals surface area contributed by atoms with Gasteiger partial charge >= 0.3 is 11.9 Å². The first kappa shape index (κ1) is 22.1. The van der Waals surface area contributed by atoms with Crippen molar-refractivity contribution in [3.8, 4) is 17.1 Å². The summed E-state index contributed by atoms with van der Waals surface area (Å²) in [6.45, 7) is 4.32. The Kier molecular flexibility index (Phi) is 5.79. The number of thioether (sulfide) groups is 1. The van der Waals surface area contributed by atoms with E-state index >= 15 is 0 Å². The van der Waals surface area contributed by atoms with Crippen molar-refractivity contribution in [3.05, 3.63) is 76.5 Å². The number of benzene rings is 2. The molecule has 0 aliphatic carbocycles. The van der Waals surface area contributed by atoms with Crippen LogP contribution >= 0.6 is 11.8 Å². The number of aromatic nitrogens is 2. The molecule has 9 heteroatoms. The van der Waals surface area contributed by atoms with E-state index in [2.05, 4.69) is 10.1 Å². The van der Waals surface area contributed by atoms with Gasteiger partial charge in [-0.25, -0.2) is 4.79 Å². The van der Waals surface area contributed by atoms with Crippen molar-refractivity contribution in [2.45, 2.75) is 32.2 Å². The normalized spacial score (nSPS) is 17.5. The van der Waals surface area contributed by atoms with Crippen LogP contribution in [0.3, 0.4) is 0 Å². The number of carbonyl (C=O) groups is 2. The van der Waals surface area contributed by atoms with Gasteiger partial charge in [-0.05, 0) is 60.2 Å². The number of imide groups is 1. The number of urea groups is 1. The molecule has 0 spiro atoms. The highest BCUT2D eigenvalue weighted by Crippen LogP contribution is 2.29. The van der Waals surface area contributed by atoms with Crippen molar-refractivity contribution in [2.24, 2.45) is 0 Å². The molecule has 34 heavy (non-hydrogen) atoms. The van der Waals surface area contributed by atoms with E-state index in [1.54, 1.807) is 17.8 Å². The van der Waals surface area contributed by atoms with Crippen LogP contribution in [0, 0.1) is 13.8 Å². The predicted molar refractivity (Wildman–Crippen MR) is 128 cm³/mol. The summed E-state index contributed by atoms with van der Waals surface area (Å²) in [7, 11) is 1.59. The number of ether oxygens (including phenoxy) is 1. The minimum atomic E-state index is -0.474. The number of aryl methyl sites for hydroxylation is 2. The van der Waals surface area contributed by atoms with Crippen LogP contribution in [0.2, 0.25) is 0 Å². The summed E-state index contributed by atoms with van der Waals surface area (Å²) >= 11 is 1.39. The molecule has 172 valence electrons. The number of methoxy groups -OCH3 is 1. The van der Waals surface area contributed by atoms with Gasteiger partial charge in [0.15, 0.2) is 11.8 Å². The molecule has 2 aromatic carbocycles. The molecule has 1 aromatic heterocycles. The molecular weight excluding hydrogens is 452 g/mol. The van der Waals surface area contributed by atoms with E-state index in [4.69, 9.17) is 9.26 Å². The average Bonchev–Trinajstić information content (AvgIpc) is 3.52. The minimum absolute atomic E-state index is 0.0831. The topological polar surface area (TPSA) is 88.5 Å². The molecule has 0 bridgehead atoms. The monoisotopic (exact) mass is 475 g/mol. The fourth-order valence-corrected chi connectivity index (χ4v) is 4.89. The lowest BCUT2D eigenvalue weighted by Gasteiger charge is -2.23. The summed E-state index contributed by atoms with van der Waals surface area (Å²) in [6, 6.07) is 12.9. The number of allylic oxidation sites excluding steroid dienone is 1. The highest BCUT2D eigenvalue weighted by molar-refractivity contribution is 8.04. The number of rotatable bonds is 6. The van der Waals surface area contributed by atoms with Gasteiger partial charge in [0.2, 0.25) is 5.82 Å². The Hall–Kier alpha value is -3.72. The van der Waals surface area contributed by atoms with Crippen LogP contribution in [0.1, 0.15) is 22.6 Å². The highest BCUT2D eigenvalue weighted by Gasteiger charge is 2.49. The summed E-state index contributed by atoms with van der Waals surface area (Å²) in [5.74, 6) is 1.25. The van der Waals surface area contributed by atoms with E-state index < -0.39 is 11.3 Å². The molecule has 2 aliphatic heterocycles. The number of fused-ring (bicyclic) bond motifs is 1. The first-order valence-corrected chi connectivity index (χ1v) is 11.7. The van der Waals surface area contributed by atoms with Crippen molar-refractivity contribution in [3.63, 3.8) is 0 Å². The van der Waals surface area contributed by atoms with E-state index in [-0.39, 0.29) is 19.0 Å². The average molecular weight is 476 g/mol. The molecule has 8 nitrogen and oxygen atoms in total. The Labute approximate surface area is 200 Å². The number of amides is 3. The second-order valence-electron chi connectivity index (χ2n) is 8.20. The summed E-state index contributed by atoms with van der Waals surface area (Å²) < 4.78 is 12.2. The van der Waals surface area contributed by atoms with Gasteiger partial charge in [0.25, 0.3) is 5.89 Å². The zero-order valence-corrected chi connectivity index (χ0v) is 19.8. The third-order valence-corrected chi connectivity index (χ3v) is 7.02. The van der Waals surface area contributed by atoms with E-state index in [0.29, 0.717) is 23.2 Å². The van der Waals surface area contributed by atoms with Gasteiger partial charge in [-0.2, -0.15) is 19.3 Å². The maximum absolute atomic E-state index is 13.4. The number of hydrogen-bond acceptors (Lipinski definition) is 7. The molecule has 2 aliphatic rings. The minimum Gasteiger partial charge on any atom is -0.497 e. The summed E-state index contributed by atoms with van der Waals surface area (Å²) in [5, 5.41) is 5.47. The highest BCUT2D eigenvalue weighted by atomic mass is 32.2. The van der Waals surface area contributed by atoms with Crippen molar-refractivity contribution >= 4 is 29.4 Å². The van der Waals surface area contributed by atoms with Gasteiger partial charge in [0, 0.05) is 5.56 Å². The lowest BCUT2D eigenvalue weighted by atomic mass is 10.1. The van der Waals surface area contributed by atoms with Crippen molar-refractivity contribution in [2.75, 3.05) is 7.11 Å². The van der Waals surface area contributed by atoms with Crippen molar-refractivity contribution in [1.29, 1.82) is 0 Å². The molecule has 0 radical (unpaired) electrons. The lowest BCUT2D eigenvalue weighted by Crippen LogP contribution is -2.54. The van der Waals surface area contributed by atoms with Crippen LogP contribution < -0.4 is 4.74 Å². The van der Waals surface area contributed by atoms with E-state index in [9.17, 15) is 9.59 Å². The largest absolute Gasteiger partial charge is 0.501 e. The fourth-order valence-electron chi connectivity index (χ4n) is 3.92. The summed E-state index contributed by atoms with van der Waals surface area (Å²) in [4.78, 5) is 32.3. The Bertz CT molecular complexity index is 1340. The van der Waals surface area contributed by atoms with Crippen LogP contribution in [0.15, 0.2) is 58.5 Å². The molecule has 3 aromatic rings. The second-order valence-corrected chi connectivity index (χ2v) is 9.21. The number of carbonyl (C=O) groups excluding carboxylic acids is 2. The van der Waals surface area contributed by atoms with Crippen molar-refractivity contribution in [1.82, 2.24) is 15.0 Å². The summed E-state index contributed by atoms with van der Waals surface area (Å²) in [5.41, 5.74) is 4.63. The van der Waals surface area contributed by atoms with Crippen LogP contribution in [0.25, 0.3) is 11.4 Å². The first-order chi connectivity index (χ1) is 16.4. The van der Waals surface area contributed by atoms with Crippen molar-refractivity contribution < 1.29 is 23.4 Å². The first-order valence-electron chi connectivity index (χ1n) is 10.8. The van der Waals surface area contributed by atoms with Gasteiger partial charge in [0.1, 0.15) is 18.0 Å².